The van der Waals surface area contributed by atoms with Crippen molar-refractivity contribution in [2.24, 2.45) is 11.7 Å². The summed E-state index contributed by atoms with van der Waals surface area (Å²) in [6.45, 7) is 3.20. The fraction of sp³-hybridized carbons (Fsp3) is 1.00. The molecule has 0 radical (unpaired) electrons. The van der Waals surface area contributed by atoms with E-state index < -0.39 is 0 Å². The van der Waals surface area contributed by atoms with E-state index in [0.717, 1.165) is 25.4 Å². The van der Waals surface area contributed by atoms with Crippen molar-refractivity contribution in [2.75, 3.05) is 19.6 Å². The predicted octanol–water partition coefficient (Wildman–Crippen LogP) is 1.90. The first kappa shape index (κ1) is 11.0. The molecule has 0 bridgehead atoms. The Hall–Kier alpha value is -0.0800. The lowest BCUT2D eigenvalue weighted by Crippen LogP contribution is -2.19. The summed E-state index contributed by atoms with van der Waals surface area (Å²) in [5, 5.41) is 3.47. The smallest absolute Gasteiger partial charge is 0.00484 e. The van der Waals surface area contributed by atoms with Crippen LogP contribution in [-0.2, 0) is 0 Å². The van der Waals surface area contributed by atoms with Gasteiger partial charge in [0.15, 0.2) is 0 Å². The molecule has 0 unspecified atom stereocenters. The van der Waals surface area contributed by atoms with Crippen molar-refractivity contribution in [3.05, 3.63) is 0 Å². The van der Waals surface area contributed by atoms with E-state index in [1.165, 1.54) is 45.1 Å². The Labute approximate surface area is 82.3 Å². The van der Waals surface area contributed by atoms with Gasteiger partial charge >= 0.3 is 0 Å². The molecule has 2 nitrogen and oxygen atoms in total. The zero-order valence-corrected chi connectivity index (χ0v) is 8.73. The second-order valence-electron chi connectivity index (χ2n) is 4.18. The third-order valence-corrected chi connectivity index (χ3v) is 3.00. The molecule has 78 valence electrons. The molecule has 0 amide bonds. The van der Waals surface area contributed by atoms with Crippen LogP contribution < -0.4 is 11.1 Å². The number of unbranched alkanes of at least 4 members (excludes halogenated alkanes) is 1. The standard InChI is InChI=1S/C11H24N2/c12-8-1-2-9-13-10-4-7-11-5-3-6-11/h11,13H,1-10,12H2. The molecule has 0 aromatic heterocycles. The Balaban J connectivity index is 1.68. The minimum Gasteiger partial charge on any atom is -0.330 e. The van der Waals surface area contributed by atoms with Crippen molar-refractivity contribution in [2.45, 2.75) is 44.9 Å². The highest BCUT2D eigenvalue weighted by Gasteiger charge is 2.15. The molecule has 0 atom stereocenters. The highest BCUT2D eigenvalue weighted by Crippen LogP contribution is 2.29. The molecule has 0 saturated heterocycles. The zero-order valence-electron chi connectivity index (χ0n) is 8.73. The minimum atomic E-state index is 0.837. The second-order valence-corrected chi connectivity index (χ2v) is 4.18. The van der Waals surface area contributed by atoms with Crippen molar-refractivity contribution in [3.8, 4) is 0 Å². The Morgan fingerprint density at radius 3 is 2.46 bits per heavy atom. The third kappa shape index (κ3) is 5.27. The van der Waals surface area contributed by atoms with Crippen LogP contribution in [0.3, 0.4) is 0 Å². The van der Waals surface area contributed by atoms with Crippen LogP contribution in [0, 0.1) is 5.92 Å². The lowest BCUT2D eigenvalue weighted by molar-refractivity contribution is 0.288. The maximum Gasteiger partial charge on any atom is -0.00484 e. The number of nitrogens with one attached hydrogen (secondary N) is 1. The zero-order chi connectivity index (χ0) is 9.36. The van der Waals surface area contributed by atoms with Crippen LogP contribution in [0.25, 0.3) is 0 Å². The summed E-state index contributed by atoms with van der Waals surface area (Å²) in [5.74, 6) is 1.07. The predicted molar refractivity (Wildman–Crippen MR) is 57.7 cm³/mol. The first-order valence-corrected chi connectivity index (χ1v) is 5.84. The van der Waals surface area contributed by atoms with E-state index in [4.69, 9.17) is 5.73 Å². The van der Waals surface area contributed by atoms with Crippen molar-refractivity contribution >= 4 is 0 Å². The normalized spacial score (nSPS) is 17.3. The molecule has 1 rings (SSSR count). The van der Waals surface area contributed by atoms with Crippen molar-refractivity contribution in [1.82, 2.24) is 5.32 Å². The van der Waals surface area contributed by atoms with Gasteiger partial charge in [-0.25, -0.2) is 0 Å². The van der Waals surface area contributed by atoms with Crippen molar-refractivity contribution in [3.63, 3.8) is 0 Å². The molecule has 0 aromatic rings. The summed E-state index contributed by atoms with van der Waals surface area (Å²) in [6.07, 6.45) is 9.68. The highest BCUT2D eigenvalue weighted by molar-refractivity contribution is 4.69. The van der Waals surface area contributed by atoms with Gasteiger partial charge in [0.2, 0.25) is 0 Å². The quantitative estimate of drug-likeness (QED) is 0.565. The van der Waals surface area contributed by atoms with Crippen molar-refractivity contribution < 1.29 is 0 Å². The summed E-state index contributed by atoms with van der Waals surface area (Å²) in [5.41, 5.74) is 5.41. The van der Waals surface area contributed by atoms with Gasteiger partial charge in [0.05, 0.1) is 0 Å². The summed E-state index contributed by atoms with van der Waals surface area (Å²) in [6, 6.07) is 0. The number of nitrogens with two attached hydrogens (primary N) is 1. The summed E-state index contributed by atoms with van der Waals surface area (Å²) >= 11 is 0. The Morgan fingerprint density at radius 1 is 1.08 bits per heavy atom. The fourth-order valence-electron chi connectivity index (χ4n) is 1.82. The summed E-state index contributed by atoms with van der Waals surface area (Å²) < 4.78 is 0. The number of hydrogen-bond acceptors (Lipinski definition) is 2. The van der Waals surface area contributed by atoms with Crippen molar-refractivity contribution in [1.29, 1.82) is 0 Å². The Morgan fingerprint density at radius 2 is 1.85 bits per heavy atom. The molecule has 2 heteroatoms. The molecule has 0 heterocycles. The molecular formula is C11H24N2. The first-order valence-electron chi connectivity index (χ1n) is 5.84. The molecule has 0 spiro atoms. The van der Waals surface area contributed by atoms with Gasteiger partial charge in [0.1, 0.15) is 0 Å². The first-order chi connectivity index (χ1) is 6.43. The second kappa shape index (κ2) is 7.34. The molecule has 1 aliphatic rings. The summed E-state index contributed by atoms with van der Waals surface area (Å²) in [4.78, 5) is 0. The van der Waals surface area contributed by atoms with E-state index >= 15 is 0 Å². The molecule has 13 heavy (non-hydrogen) atoms. The molecule has 3 N–H and O–H groups in total. The maximum absolute atomic E-state index is 5.41. The Bertz CT molecular complexity index is 111. The van der Waals surface area contributed by atoms with E-state index in [1.807, 2.05) is 0 Å². The van der Waals surface area contributed by atoms with E-state index in [1.54, 1.807) is 0 Å². The van der Waals surface area contributed by atoms with Gasteiger partial charge in [0, 0.05) is 0 Å². The van der Waals surface area contributed by atoms with Crippen LogP contribution in [0.1, 0.15) is 44.9 Å². The highest BCUT2D eigenvalue weighted by atomic mass is 14.8. The minimum absolute atomic E-state index is 0.837. The van der Waals surface area contributed by atoms with Gasteiger partial charge in [-0.3, -0.25) is 0 Å². The fourth-order valence-corrected chi connectivity index (χ4v) is 1.82. The van der Waals surface area contributed by atoms with Crippen LogP contribution in [0.5, 0.6) is 0 Å². The average Bonchev–Trinajstić information content (AvgIpc) is 2.07. The molecule has 0 aliphatic heterocycles. The molecule has 1 saturated carbocycles. The van der Waals surface area contributed by atoms with Crippen LogP contribution in [0.4, 0.5) is 0 Å². The maximum atomic E-state index is 5.41. The van der Waals surface area contributed by atoms with Crippen LogP contribution in [0.2, 0.25) is 0 Å². The molecule has 1 aliphatic carbocycles. The average molecular weight is 184 g/mol. The molecular weight excluding hydrogens is 160 g/mol. The van der Waals surface area contributed by atoms with Crippen LogP contribution >= 0.6 is 0 Å². The monoisotopic (exact) mass is 184 g/mol. The van der Waals surface area contributed by atoms with E-state index in [-0.39, 0.29) is 0 Å². The molecule has 1 fully saturated rings. The SMILES string of the molecule is NCCCCNCCCC1CCC1. The van der Waals surface area contributed by atoms with Gasteiger partial charge in [-0.1, -0.05) is 19.3 Å². The number of hydrogen-bond donors (Lipinski definition) is 2. The van der Waals surface area contributed by atoms with Gasteiger partial charge in [-0.15, -0.1) is 0 Å². The van der Waals surface area contributed by atoms with Gasteiger partial charge in [-0.05, 0) is 51.2 Å². The number of rotatable bonds is 8. The van der Waals surface area contributed by atoms with Crippen LogP contribution in [-0.4, -0.2) is 19.6 Å². The van der Waals surface area contributed by atoms with Gasteiger partial charge < -0.3 is 11.1 Å². The Kier molecular flexibility index (Phi) is 6.21. The van der Waals surface area contributed by atoms with Gasteiger partial charge in [0.25, 0.3) is 0 Å². The largest absolute Gasteiger partial charge is 0.330 e. The molecule has 0 aromatic carbocycles. The van der Waals surface area contributed by atoms with Crippen LogP contribution in [0.15, 0.2) is 0 Å². The van der Waals surface area contributed by atoms with Gasteiger partial charge in [-0.2, -0.15) is 0 Å². The van der Waals surface area contributed by atoms with E-state index in [0.29, 0.717) is 0 Å². The topological polar surface area (TPSA) is 38.0 Å². The lowest BCUT2D eigenvalue weighted by atomic mass is 9.82. The van der Waals surface area contributed by atoms with E-state index in [9.17, 15) is 0 Å². The third-order valence-electron chi connectivity index (χ3n) is 3.00. The van der Waals surface area contributed by atoms with E-state index in [2.05, 4.69) is 5.32 Å². The lowest BCUT2D eigenvalue weighted by Gasteiger charge is -2.25. The summed E-state index contributed by atoms with van der Waals surface area (Å²) in [7, 11) is 0.